The molecule has 4 aromatic rings. The van der Waals surface area contributed by atoms with E-state index < -0.39 is 11.7 Å². The van der Waals surface area contributed by atoms with Gasteiger partial charge in [0.15, 0.2) is 0 Å². The van der Waals surface area contributed by atoms with Crippen LogP contribution in [0.25, 0.3) is 21.9 Å². The van der Waals surface area contributed by atoms with Crippen LogP contribution in [0.2, 0.25) is 0 Å². The quantitative estimate of drug-likeness (QED) is 0.272. The zero-order valence-corrected chi connectivity index (χ0v) is 20.0. The van der Waals surface area contributed by atoms with Gasteiger partial charge < -0.3 is 15.4 Å². The minimum atomic E-state index is -4.41. The number of fused-ring (bicyclic) bond motifs is 1. The molecule has 1 amide bonds. The number of benzene rings is 4. The van der Waals surface area contributed by atoms with Gasteiger partial charge in [0.25, 0.3) is 5.91 Å². The average molecular weight is 493 g/mol. The first-order valence-corrected chi connectivity index (χ1v) is 11.6. The second-order valence-corrected chi connectivity index (χ2v) is 8.49. The molecule has 0 aliphatic heterocycles. The standard InChI is InChI=1S/C29H27F3N2O2/c1-19(26-9-5-7-21-6-3-4-8-27(21)26)34-14-15-36-25-17-22(16-23(18-25)28(35)33-2)20-10-12-24(13-11-20)29(30,31)32/h3-13,16-19,34H,14-15H2,1-2H3,(H,33,35). The molecule has 7 heteroatoms. The van der Waals surface area contributed by atoms with Crippen molar-refractivity contribution < 1.29 is 22.7 Å². The minimum Gasteiger partial charge on any atom is -0.492 e. The number of halogens is 3. The number of ether oxygens (including phenoxy) is 1. The molecule has 2 N–H and O–H groups in total. The molecule has 1 atom stereocenters. The van der Waals surface area contributed by atoms with Crippen LogP contribution in [-0.2, 0) is 6.18 Å². The van der Waals surface area contributed by atoms with Gasteiger partial charge in [0.2, 0.25) is 0 Å². The molecule has 0 spiro atoms. The zero-order valence-electron chi connectivity index (χ0n) is 20.0. The van der Waals surface area contributed by atoms with Crippen LogP contribution in [0, 0.1) is 0 Å². The van der Waals surface area contributed by atoms with Crippen LogP contribution in [0.4, 0.5) is 13.2 Å². The Morgan fingerprint density at radius 2 is 1.64 bits per heavy atom. The number of rotatable bonds is 8. The van der Waals surface area contributed by atoms with Crippen molar-refractivity contribution in [1.29, 1.82) is 0 Å². The molecule has 4 aromatic carbocycles. The van der Waals surface area contributed by atoms with Crippen molar-refractivity contribution in [1.82, 2.24) is 10.6 Å². The SMILES string of the molecule is CNC(=O)c1cc(OCCNC(C)c2cccc3ccccc23)cc(-c2ccc(C(F)(F)F)cc2)c1. The lowest BCUT2D eigenvalue weighted by molar-refractivity contribution is -0.137. The lowest BCUT2D eigenvalue weighted by Crippen LogP contribution is -2.24. The van der Waals surface area contributed by atoms with Crippen molar-refractivity contribution in [2.24, 2.45) is 0 Å². The summed E-state index contributed by atoms with van der Waals surface area (Å²) < 4.78 is 44.7. The third-order valence-electron chi connectivity index (χ3n) is 6.05. The zero-order chi connectivity index (χ0) is 25.7. The fraction of sp³-hybridized carbons (Fsp3) is 0.207. The highest BCUT2D eigenvalue weighted by Gasteiger charge is 2.30. The van der Waals surface area contributed by atoms with Gasteiger partial charge in [0.1, 0.15) is 12.4 Å². The van der Waals surface area contributed by atoms with Crippen LogP contribution in [0.3, 0.4) is 0 Å². The van der Waals surface area contributed by atoms with Crippen molar-refractivity contribution >= 4 is 16.7 Å². The largest absolute Gasteiger partial charge is 0.492 e. The highest BCUT2D eigenvalue weighted by Crippen LogP contribution is 2.32. The molecule has 4 nitrogen and oxygen atoms in total. The maximum Gasteiger partial charge on any atom is 0.416 e. The maximum absolute atomic E-state index is 12.9. The van der Waals surface area contributed by atoms with Crippen molar-refractivity contribution in [3.63, 3.8) is 0 Å². The normalized spacial score (nSPS) is 12.4. The van der Waals surface area contributed by atoms with Gasteiger partial charge in [0, 0.05) is 25.2 Å². The summed E-state index contributed by atoms with van der Waals surface area (Å²) in [6.45, 7) is 3.00. The molecule has 0 aliphatic carbocycles. The van der Waals surface area contributed by atoms with Crippen LogP contribution >= 0.6 is 0 Å². The van der Waals surface area contributed by atoms with E-state index in [2.05, 4.69) is 41.8 Å². The minimum absolute atomic E-state index is 0.0969. The van der Waals surface area contributed by atoms with Crippen LogP contribution in [0.15, 0.2) is 84.9 Å². The molecule has 0 heterocycles. The summed E-state index contributed by atoms with van der Waals surface area (Å²) >= 11 is 0. The maximum atomic E-state index is 12.9. The van der Waals surface area contributed by atoms with Gasteiger partial charge in [0.05, 0.1) is 5.56 Å². The topological polar surface area (TPSA) is 50.4 Å². The number of amides is 1. The van der Waals surface area contributed by atoms with E-state index in [1.54, 1.807) is 18.2 Å². The van der Waals surface area contributed by atoms with Crippen LogP contribution < -0.4 is 15.4 Å². The summed E-state index contributed by atoms with van der Waals surface area (Å²) in [4.78, 5) is 12.3. The summed E-state index contributed by atoms with van der Waals surface area (Å²) in [5.74, 6) is 0.155. The molecule has 0 saturated heterocycles. The summed E-state index contributed by atoms with van der Waals surface area (Å²) in [7, 11) is 1.52. The van der Waals surface area contributed by atoms with Crippen molar-refractivity contribution in [2.75, 3.05) is 20.2 Å². The van der Waals surface area contributed by atoms with E-state index >= 15 is 0 Å². The molecule has 0 saturated carbocycles. The molecule has 0 radical (unpaired) electrons. The Morgan fingerprint density at radius 1 is 0.917 bits per heavy atom. The van der Waals surface area contributed by atoms with Crippen LogP contribution in [0.1, 0.15) is 34.5 Å². The second-order valence-electron chi connectivity index (χ2n) is 8.49. The molecule has 0 fully saturated rings. The van der Waals surface area contributed by atoms with Crippen molar-refractivity contribution in [3.05, 3.63) is 102 Å². The van der Waals surface area contributed by atoms with Gasteiger partial charge in [-0.2, -0.15) is 13.2 Å². The summed E-state index contributed by atoms with van der Waals surface area (Å²) in [5, 5.41) is 8.42. The molecular weight excluding hydrogens is 465 g/mol. The molecular formula is C29H27F3N2O2. The highest BCUT2D eigenvalue weighted by molar-refractivity contribution is 5.96. The lowest BCUT2D eigenvalue weighted by atomic mass is 10.00. The lowest BCUT2D eigenvalue weighted by Gasteiger charge is -2.17. The number of hydrogen-bond donors (Lipinski definition) is 2. The Balaban J connectivity index is 1.46. The molecule has 186 valence electrons. The molecule has 0 aromatic heterocycles. The van der Waals surface area contributed by atoms with Crippen LogP contribution in [-0.4, -0.2) is 26.1 Å². The monoisotopic (exact) mass is 492 g/mol. The fourth-order valence-electron chi connectivity index (χ4n) is 4.16. The fourth-order valence-corrected chi connectivity index (χ4v) is 4.16. The molecule has 4 rings (SSSR count). The highest BCUT2D eigenvalue weighted by atomic mass is 19.4. The molecule has 1 unspecified atom stereocenters. The predicted molar refractivity (Wildman–Crippen MR) is 136 cm³/mol. The van der Waals surface area contributed by atoms with Crippen molar-refractivity contribution in [3.8, 4) is 16.9 Å². The van der Waals surface area contributed by atoms with E-state index in [0.717, 1.165) is 12.1 Å². The number of hydrogen-bond acceptors (Lipinski definition) is 3. The number of alkyl halides is 3. The van der Waals surface area contributed by atoms with Crippen molar-refractivity contribution in [2.45, 2.75) is 19.1 Å². The van der Waals surface area contributed by atoms with E-state index in [-0.39, 0.29) is 11.9 Å². The second kappa shape index (κ2) is 10.8. The Hall–Kier alpha value is -3.84. The Morgan fingerprint density at radius 3 is 2.36 bits per heavy atom. The molecule has 36 heavy (non-hydrogen) atoms. The smallest absolute Gasteiger partial charge is 0.416 e. The first-order valence-electron chi connectivity index (χ1n) is 11.6. The van der Waals surface area contributed by atoms with E-state index in [9.17, 15) is 18.0 Å². The number of nitrogens with one attached hydrogen (secondary N) is 2. The van der Waals surface area contributed by atoms with E-state index in [0.29, 0.717) is 35.6 Å². The first kappa shape index (κ1) is 25.3. The first-order chi connectivity index (χ1) is 17.3. The van der Waals surface area contributed by atoms with Crippen LogP contribution in [0.5, 0.6) is 5.75 Å². The number of carbonyl (C=O) groups is 1. The van der Waals surface area contributed by atoms with Gasteiger partial charge in [-0.05, 0) is 64.7 Å². The summed E-state index contributed by atoms with van der Waals surface area (Å²) in [6, 6.07) is 24.4. The molecule has 0 aliphatic rings. The third kappa shape index (κ3) is 5.86. The van der Waals surface area contributed by atoms with Gasteiger partial charge in [-0.1, -0.05) is 54.6 Å². The Labute approximate surface area is 208 Å². The Kier molecular flexibility index (Phi) is 7.60. The van der Waals surface area contributed by atoms with E-state index in [1.807, 2.05) is 18.2 Å². The van der Waals surface area contributed by atoms with E-state index in [1.165, 1.54) is 35.5 Å². The van der Waals surface area contributed by atoms with Gasteiger partial charge in [-0.3, -0.25) is 4.79 Å². The van der Waals surface area contributed by atoms with Gasteiger partial charge in [-0.25, -0.2) is 0 Å². The predicted octanol–water partition coefficient (Wildman–Crippen LogP) is 6.61. The van der Waals surface area contributed by atoms with Gasteiger partial charge in [-0.15, -0.1) is 0 Å². The number of carbonyl (C=O) groups excluding carboxylic acids is 1. The average Bonchev–Trinajstić information content (AvgIpc) is 2.89. The summed E-state index contributed by atoms with van der Waals surface area (Å²) in [5.41, 5.74) is 1.98. The Bertz CT molecular complexity index is 1350. The summed E-state index contributed by atoms with van der Waals surface area (Å²) in [6.07, 6.45) is -4.41. The third-order valence-corrected chi connectivity index (χ3v) is 6.05. The van der Waals surface area contributed by atoms with Gasteiger partial charge >= 0.3 is 6.18 Å². The van der Waals surface area contributed by atoms with E-state index in [4.69, 9.17) is 4.74 Å². The molecule has 0 bridgehead atoms.